The van der Waals surface area contributed by atoms with Crippen LogP contribution in [0.1, 0.15) is 26.3 Å². The highest BCUT2D eigenvalue weighted by Crippen LogP contribution is 2.00. The molecule has 0 fully saturated rings. The summed E-state index contributed by atoms with van der Waals surface area (Å²) in [6, 6.07) is 10.3. The molecule has 5 heteroatoms. The topological polar surface area (TPSA) is 56.7 Å². The van der Waals surface area contributed by atoms with Crippen LogP contribution in [-0.2, 0) is 11.2 Å². The Labute approximate surface area is 133 Å². The largest absolute Gasteiger partial charge is 0.356 e. The Balaban J connectivity index is 2.58. The van der Waals surface area contributed by atoms with Crippen molar-refractivity contribution in [3.63, 3.8) is 0 Å². The van der Waals surface area contributed by atoms with E-state index in [0.29, 0.717) is 5.96 Å². The quantitative estimate of drug-likeness (QED) is 0.642. The van der Waals surface area contributed by atoms with Gasteiger partial charge in [-0.3, -0.25) is 4.79 Å². The molecule has 0 heterocycles. The van der Waals surface area contributed by atoms with E-state index >= 15 is 0 Å². The van der Waals surface area contributed by atoms with Crippen molar-refractivity contribution in [2.45, 2.75) is 32.7 Å². The second kappa shape index (κ2) is 8.41. The highest BCUT2D eigenvalue weighted by Gasteiger charge is 2.12. The predicted molar refractivity (Wildman–Crippen MR) is 92.0 cm³/mol. The highest BCUT2D eigenvalue weighted by atomic mass is 16.2. The van der Waals surface area contributed by atoms with E-state index in [0.717, 1.165) is 13.0 Å². The Morgan fingerprint density at radius 3 is 2.36 bits per heavy atom. The molecule has 0 aromatic heterocycles. The molecule has 0 aliphatic rings. The zero-order valence-electron chi connectivity index (χ0n) is 14.3. The number of nitrogens with one attached hydrogen (secondary N) is 2. The Bertz CT molecular complexity index is 489. The fourth-order valence-corrected chi connectivity index (χ4v) is 1.75. The number of carbonyl (C=O) groups is 1. The lowest BCUT2D eigenvalue weighted by molar-refractivity contribution is -0.127. The molecule has 0 bridgehead atoms. The Morgan fingerprint density at radius 2 is 1.82 bits per heavy atom. The van der Waals surface area contributed by atoms with E-state index in [1.807, 2.05) is 18.2 Å². The van der Waals surface area contributed by atoms with Crippen LogP contribution in [0.5, 0.6) is 0 Å². The van der Waals surface area contributed by atoms with E-state index < -0.39 is 0 Å². The average Bonchev–Trinajstić information content (AvgIpc) is 2.43. The van der Waals surface area contributed by atoms with E-state index in [1.54, 1.807) is 19.0 Å². The molecule has 0 aliphatic carbocycles. The van der Waals surface area contributed by atoms with Crippen molar-refractivity contribution in [1.29, 1.82) is 0 Å². The fraction of sp³-hybridized carbons (Fsp3) is 0.529. The van der Waals surface area contributed by atoms with Crippen LogP contribution in [0.25, 0.3) is 0 Å². The third kappa shape index (κ3) is 7.67. The zero-order valence-corrected chi connectivity index (χ0v) is 14.3. The summed E-state index contributed by atoms with van der Waals surface area (Å²) in [4.78, 5) is 17.6. The van der Waals surface area contributed by atoms with E-state index in [4.69, 9.17) is 0 Å². The Kier molecular flexibility index (Phi) is 6.89. The van der Waals surface area contributed by atoms with Gasteiger partial charge in [-0.2, -0.15) is 0 Å². The minimum atomic E-state index is -0.111. The van der Waals surface area contributed by atoms with Gasteiger partial charge in [-0.1, -0.05) is 30.3 Å². The van der Waals surface area contributed by atoms with Crippen molar-refractivity contribution in [2.24, 2.45) is 4.99 Å². The highest BCUT2D eigenvalue weighted by molar-refractivity contribution is 5.85. The molecule has 0 unspecified atom stereocenters. The van der Waals surface area contributed by atoms with Crippen LogP contribution >= 0.6 is 0 Å². The van der Waals surface area contributed by atoms with Gasteiger partial charge in [-0.05, 0) is 32.8 Å². The third-order valence-corrected chi connectivity index (χ3v) is 2.91. The molecular formula is C17H28N4O. The van der Waals surface area contributed by atoms with Crippen LogP contribution in [0.3, 0.4) is 0 Å². The number of hydrogen-bond donors (Lipinski definition) is 2. The van der Waals surface area contributed by atoms with Crippen molar-refractivity contribution in [1.82, 2.24) is 15.5 Å². The first-order valence-electron chi connectivity index (χ1n) is 7.58. The minimum Gasteiger partial charge on any atom is -0.356 e. The van der Waals surface area contributed by atoms with E-state index in [1.165, 1.54) is 5.56 Å². The maximum atomic E-state index is 11.7. The molecule has 0 radical (unpaired) electrons. The second-order valence-electron chi connectivity index (χ2n) is 6.49. The van der Waals surface area contributed by atoms with Gasteiger partial charge in [0.1, 0.15) is 6.54 Å². The molecule has 0 saturated carbocycles. The second-order valence-corrected chi connectivity index (χ2v) is 6.49. The first kappa shape index (κ1) is 18.0. The number of amides is 1. The Hall–Kier alpha value is -2.04. The van der Waals surface area contributed by atoms with Gasteiger partial charge in [0.05, 0.1) is 0 Å². The van der Waals surface area contributed by atoms with Crippen molar-refractivity contribution in [3.05, 3.63) is 35.9 Å². The van der Waals surface area contributed by atoms with Crippen LogP contribution < -0.4 is 10.6 Å². The molecule has 0 aliphatic heterocycles. The molecule has 1 amide bonds. The van der Waals surface area contributed by atoms with Gasteiger partial charge < -0.3 is 15.5 Å². The molecule has 5 nitrogen and oxygen atoms in total. The summed E-state index contributed by atoms with van der Waals surface area (Å²) in [6.45, 7) is 7.10. The Morgan fingerprint density at radius 1 is 1.18 bits per heavy atom. The van der Waals surface area contributed by atoms with Gasteiger partial charge >= 0.3 is 0 Å². The number of guanidine groups is 1. The summed E-state index contributed by atoms with van der Waals surface area (Å²) in [5.74, 6) is 0.650. The fourth-order valence-electron chi connectivity index (χ4n) is 1.75. The number of benzene rings is 1. The number of hydrogen-bond acceptors (Lipinski definition) is 2. The summed E-state index contributed by atoms with van der Waals surface area (Å²) < 4.78 is 0. The van der Waals surface area contributed by atoms with Crippen LogP contribution in [0.2, 0.25) is 0 Å². The third-order valence-electron chi connectivity index (χ3n) is 2.91. The van der Waals surface area contributed by atoms with Crippen LogP contribution in [0.4, 0.5) is 0 Å². The number of rotatable bonds is 5. The molecule has 2 N–H and O–H groups in total. The van der Waals surface area contributed by atoms with Crippen molar-refractivity contribution >= 4 is 11.9 Å². The maximum absolute atomic E-state index is 11.7. The maximum Gasteiger partial charge on any atom is 0.243 e. The van der Waals surface area contributed by atoms with Crippen molar-refractivity contribution in [3.8, 4) is 0 Å². The summed E-state index contributed by atoms with van der Waals surface area (Å²) in [5, 5.41) is 6.59. The lowest BCUT2D eigenvalue weighted by atomic mass is 10.1. The molecule has 1 aromatic carbocycles. The van der Waals surface area contributed by atoms with Gasteiger partial charge in [0.25, 0.3) is 0 Å². The van der Waals surface area contributed by atoms with Gasteiger partial charge in [-0.25, -0.2) is 4.99 Å². The monoisotopic (exact) mass is 304 g/mol. The van der Waals surface area contributed by atoms with E-state index in [2.05, 4.69) is 48.5 Å². The number of likely N-dealkylation sites (N-methyl/N-ethyl adjacent to an activating group) is 1. The normalized spacial score (nSPS) is 12.0. The molecule has 0 atom stereocenters. The predicted octanol–water partition coefficient (Wildman–Crippen LogP) is 1.65. The molecule has 0 saturated heterocycles. The minimum absolute atomic E-state index is 0.0157. The zero-order chi connectivity index (χ0) is 16.6. The van der Waals surface area contributed by atoms with Gasteiger partial charge in [0, 0.05) is 26.2 Å². The molecule has 1 rings (SSSR count). The van der Waals surface area contributed by atoms with Crippen LogP contribution in [0.15, 0.2) is 35.3 Å². The smallest absolute Gasteiger partial charge is 0.243 e. The summed E-state index contributed by atoms with van der Waals surface area (Å²) in [6.07, 6.45) is 0.910. The SMILES string of the molecule is CN(C)C(=O)CN=C(NCCc1ccccc1)NC(C)(C)C. The first-order chi connectivity index (χ1) is 10.3. The summed E-state index contributed by atoms with van der Waals surface area (Å²) >= 11 is 0. The van der Waals surface area contributed by atoms with E-state index in [-0.39, 0.29) is 18.0 Å². The van der Waals surface area contributed by atoms with Gasteiger partial charge in [0.2, 0.25) is 5.91 Å². The number of nitrogens with zero attached hydrogens (tertiary/aromatic N) is 2. The standard InChI is InChI=1S/C17H28N4O/c1-17(2,3)20-16(19-13-15(22)21(4)5)18-12-11-14-9-7-6-8-10-14/h6-10H,11-13H2,1-5H3,(H2,18,19,20). The molecule has 22 heavy (non-hydrogen) atoms. The summed E-state index contributed by atoms with van der Waals surface area (Å²) in [5.41, 5.74) is 1.16. The molecule has 122 valence electrons. The van der Waals surface area contributed by atoms with E-state index in [9.17, 15) is 4.79 Å². The van der Waals surface area contributed by atoms with Crippen LogP contribution in [-0.4, -0.2) is 49.5 Å². The van der Waals surface area contributed by atoms with Crippen molar-refractivity contribution in [2.75, 3.05) is 27.2 Å². The molecular weight excluding hydrogens is 276 g/mol. The average molecular weight is 304 g/mol. The number of carbonyl (C=O) groups excluding carboxylic acids is 1. The number of aliphatic imine (C=N–C) groups is 1. The van der Waals surface area contributed by atoms with Gasteiger partial charge in [-0.15, -0.1) is 0 Å². The lowest BCUT2D eigenvalue weighted by Crippen LogP contribution is -2.48. The van der Waals surface area contributed by atoms with Crippen molar-refractivity contribution < 1.29 is 4.79 Å². The molecule has 1 aromatic rings. The van der Waals surface area contributed by atoms with Crippen LogP contribution in [0, 0.1) is 0 Å². The van der Waals surface area contributed by atoms with Gasteiger partial charge in [0.15, 0.2) is 5.96 Å². The first-order valence-corrected chi connectivity index (χ1v) is 7.58. The summed E-state index contributed by atoms with van der Waals surface area (Å²) in [7, 11) is 3.47. The lowest BCUT2D eigenvalue weighted by Gasteiger charge is -2.24. The molecule has 0 spiro atoms.